The average Bonchev–Trinajstić information content (AvgIpc) is 3.72. The van der Waals surface area contributed by atoms with Crippen LogP contribution in [0.5, 0.6) is 0 Å². The van der Waals surface area contributed by atoms with E-state index in [1.165, 1.54) is 22.3 Å². The lowest BCUT2D eigenvalue weighted by atomic mass is 9.79. The van der Waals surface area contributed by atoms with Crippen LogP contribution in [0.25, 0.3) is 78.1 Å². The maximum absolute atomic E-state index is 6.11. The van der Waals surface area contributed by atoms with Crippen LogP contribution in [0, 0.1) is 0 Å². The molecule has 0 unspecified atom stereocenters. The van der Waals surface area contributed by atoms with Gasteiger partial charge in [-0.3, -0.25) is 9.97 Å². The van der Waals surface area contributed by atoms with Crippen LogP contribution in [-0.4, -0.2) is 20.2 Å². The summed E-state index contributed by atoms with van der Waals surface area (Å²) in [5, 5.41) is 10.9. The van der Waals surface area contributed by atoms with E-state index >= 15 is 0 Å². The summed E-state index contributed by atoms with van der Waals surface area (Å²) >= 11 is 0. The lowest BCUT2D eigenvalue weighted by Gasteiger charge is -2.26. The molecule has 3 aromatic heterocycles. The van der Waals surface area contributed by atoms with E-state index in [2.05, 4.69) is 145 Å². The Hall–Kier alpha value is -6.72. The normalized spacial score (nSPS) is 11.7. The Morgan fingerprint density at radius 3 is 1.42 bits per heavy atom. The van der Waals surface area contributed by atoms with Gasteiger partial charge in [-0.25, -0.2) is 0 Å². The second kappa shape index (κ2) is 13.4. The van der Waals surface area contributed by atoms with Gasteiger partial charge < -0.3 is 4.42 Å². The van der Waals surface area contributed by atoms with Gasteiger partial charge >= 0.3 is 0 Å². The van der Waals surface area contributed by atoms with E-state index in [4.69, 9.17) is 14.4 Å². The fraction of sp³-hybridized carbons (Fsp3) is 0.0833. The number of pyridine rings is 2. The van der Waals surface area contributed by atoms with Gasteiger partial charge in [-0.05, 0) is 92.7 Å². The molecular formula is C48H36N4O. The standard InChI is InChI=1S/C48H36N4O/c1-48(2,39-23-21-38(22-24-39)47-52-51-46(53-47)37-19-17-34(18-20-37)33-9-5-3-6-10-33)31-32-13-15-36(16-14-32)41-28-30-50-45-43(41)26-25-42-40(27-29-49-44(42)45)35-11-7-4-8-12-35/h3-30H,31H2,1-2H3. The predicted octanol–water partition coefficient (Wildman–Crippen LogP) is 12.0. The van der Waals surface area contributed by atoms with E-state index in [1.807, 2.05) is 48.8 Å². The highest BCUT2D eigenvalue weighted by atomic mass is 16.4. The summed E-state index contributed by atoms with van der Waals surface area (Å²) in [5.41, 5.74) is 13.0. The van der Waals surface area contributed by atoms with Gasteiger partial charge in [0.2, 0.25) is 11.8 Å². The Balaban J connectivity index is 0.914. The molecule has 6 aromatic carbocycles. The molecule has 3 heterocycles. The molecule has 0 spiro atoms. The highest BCUT2D eigenvalue weighted by molar-refractivity contribution is 6.11. The zero-order valence-corrected chi connectivity index (χ0v) is 29.6. The summed E-state index contributed by atoms with van der Waals surface area (Å²) < 4.78 is 6.11. The van der Waals surface area contributed by atoms with Gasteiger partial charge in [0.05, 0.1) is 11.0 Å². The predicted molar refractivity (Wildman–Crippen MR) is 215 cm³/mol. The van der Waals surface area contributed by atoms with Gasteiger partial charge in [0.1, 0.15) is 0 Å². The minimum absolute atomic E-state index is 0.0923. The van der Waals surface area contributed by atoms with Gasteiger partial charge in [0, 0.05) is 34.3 Å². The Morgan fingerprint density at radius 2 is 0.868 bits per heavy atom. The maximum Gasteiger partial charge on any atom is 0.248 e. The highest BCUT2D eigenvalue weighted by Crippen LogP contribution is 2.36. The molecule has 5 nitrogen and oxygen atoms in total. The maximum atomic E-state index is 6.11. The molecule has 0 N–H and O–H groups in total. The zero-order valence-electron chi connectivity index (χ0n) is 29.6. The molecule has 254 valence electrons. The van der Waals surface area contributed by atoms with Crippen LogP contribution in [0.1, 0.15) is 25.0 Å². The average molecular weight is 685 g/mol. The Kier molecular flexibility index (Phi) is 8.17. The van der Waals surface area contributed by atoms with Crippen molar-refractivity contribution in [2.75, 3.05) is 0 Å². The molecule has 0 bridgehead atoms. The molecule has 0 amide bonds. The van der Waals surface area contributed by atoms with Crippen LogP contribution in [-0.2, 0) is 11.8 Å². The number of aromatic nitrogens is 4. The number of hydrogen-bond donors (Lipinski definition) is 0. The number of benzene rings is 6. The molecular weight excluding hydrogens is 649 g/mol. The van der Waals surface area contributed by atoms with E-state index in [-0.39, 0.29) is 5.41 Å². The molecule has 0 saturated heterocycles. The molecule has 0 fully saturated rings. The van der Waals surface area contributed by atoms with Crippen molar-refractivity contribution in [1.82, 2.24) is 20.2 Å². The second-order valence-corrected chi connectivity index (χ2v) is 14.1. The van der Waals surface area contributed by atoms with E-state index in [9.17, 15) is 0 Å². The first-order valence-electron chi connectivity index (χ1n) is 17.9. The molecule has 9 aromatic rings. The number of rotatable bonds is 8. The van der Waals surface area contributed by atoms with Crippen molar-refractivity contribution in [2.45, 2.75) is 25.7 Å². The van der Waals surface area contributed by atoms with Crippen LogP contribution >= 0.6 is 0 Å². The van der Waals surface area contributed by atoms with Gasteiger partial charge in [0.15, 0.2) is 0 Å². The number of fused-ring (bicyclic) bond motifs is 3. The Morgan fingerprint density at radius 1 is 0.434 bits per heavy atom. The fourth-order valence-corrected chi connectivity index (χ4v) is 7.32. The van der Waals surface area contributed by atoms with Crippen LogP contribution < -0.4 is 0 Å². The summed E-state index contributed by atoms with van der Waals surface area (Å²) in [6.45, 7) is 4.58. The minimum atomic E-state index is -0.0923. The summed E-state index contributed by atoms with van der Waals surface area (Å²) in [7, 11) is 0. The molecule has 0 atom stereocenters. The molecule has 0 aliphatic carbocycles. The quantitative estimate of drug-likeness (QED) is 0.149. The lowest BCUT2D eigenvalue weighted by Crippen LogP contribution is -2.20. The number of nitrogens with zero attached hydrogens (tertiary/aromatic N) is 4. The molecule has 0 aliphatic rings. The van der Waals surface area contributed by atoms with Gasteiger partial charge in [0.25, 0.3) is 0 Å². The van der Waals surface area contributed by atoms with Gasteiger partial charge in [-0.1, -0.05) is 135 Å². The molecule has 0 aliphatic heterocycles. The Bertz CT molecular complexity index is 2680. The summed E-state index contributed by atoms with van der Waals surface area (Å²) in [5.74, 6) is 1.02. The topological polar surface area (TPSA) is 64.7 Å². The zero-order chi connectivity index (χ0) is 35.8. The lowest BCUT2D eigenvalue weighted by molar-refractivity contribution is 0.522. The van der Waals surface area contributed by atoms with Crippen LogP contribution in [0.15, 0.2) is 175 Å². The van der Waals surface area contributed by atoms with Crippen molar-refractivity contribution in [3.8, 4) is 56.3 Å². The van der Waals surface area contributed by atoms with Crippen molar-refractivity contribution >= 4 is 21.8 Å². The largest absolute Gasteiger partial charge is 0.416 e. The molecule has 0 radical (unpaired) electrons. The van der Waals surface area contributed by atoms with E-state index in [0.29, 0.717) is 11.8 Å². The first kappa shape index (κ1) is 32.2. The van der Waals surface area contributed by atoms with Crippen LogP contribution in [0.2, 0.25) is 0 Å². The monoisotopic (exact) mass is 684 g/mol. The first-order chi connectivity index (χ1) is 26.0. The summed E-state index contributed by atoms with van der Waals surface area (Å²) in [6, 6.07) is 55.0. The van der Waals surface area contributed by atoms with Crippen molar-refractivity contribution in [2.24, 2.45) is 0 Å². The summed E-state index contributed by atoms with van der Waals surface area (Å²) in [6.07, 6.45) is 4.67. The molecule has 0 saturated carbocycles. The second-order valence-electron chi connectivity index (χ2n) is 14.1. The molecule has 9 rings (SSSR count). The Labute approximate surface area is 308 Å². The smallest absolute Gasteiger partial charge is 0.248 e. The van der Waals surface area contributed by atoms with Gasteiger partial charge in [-0.2, -0.15) is 0 Å². The van der Waals surface area contributed by atoms with E-state index in [1.54, 1.807) is 0 Å². The number of hydrogen-bond acceptors (Lipinski definition) is 5. The van der Waals surface area contributed by atoms with Crippen LogP contribution in [0.3, 0.4) is 0 Å². The third-order valence-corrected chi connectivity index (χ3v) is 10.2. The van der Waals surface area contributed by atoms with Crippen molar-refractivity contribution in [3.63, 3.8) is 0 Å². The summed E-state index contributed by atoms with van der Waals surface area (Å²) in [4.78, 5) is 9.59. The van der Waals surface area contributed by atoms with E-state index in [0.717, 1.165) is 61.6 Å². The van der Waals surface area contributed by atoms with Crippen molar-refractivity contribution < 1.29 is 4.42 Å². The molecule has 5 heteroatoms. The van der Waals surface area contributed by atoms with Crippen LogP contribution in [0.4, 0.5) is 0 Å². The van der Waals surface area contributed by atoms with E-state index < -0.39 is 0 Å². The fourth-order valence-electron chi connectivity index (χ4n) is 7.32. The highest BCUT2D eigenvalue weighted by Gasteiger charge is 2.22. The van der Waals surface area contributed by atoms with Crippen molar-refractivity contribution in [3.05, 3.63) is 181 Å². The van der Waals surface area contributed by atoms with Gasteiger partial charge in [-0.15, -0.1) is 10.2 Å². The van der Waals surface area contributed by atoms with Crippen molar-refractivity contribution in [1.29, 1.82) is 0 Å². The SMILES string of the molecule is CC(C)(Cc1ccc(-c2ccnc3c2ccc2c(-c4ccccc4)ccnc23)cc1)c1ccc(-c2nnc(-c3ccc(-c4ccccc4)cc3)o2)cc1. The third kappa shape index (κ3) is 6.27. The first-order valence-corrected chi connectivity index (χ1v) is 17.9. The minimum Gasteiger partial charge on any atom is -0.416 e. The third-order valence-electron chi connectivity index (χ3n) is 10.2. The molecule has 53 heavy (non-hydrogen) atoms.